The first kappa shape index (κ1) is 14.3. The van der Waals surface area contributed by atoms with Crippen LogP contribution in [0.1, 0.15) is 12.0 Å². The van der Waals surface area contributed by atoms with E-state index in [-0.39, 0.29) is 24.2 Å². The Kier molecular flexibility index (Phi) is 4.55. The number of carbonyl (C=O) groups is 1. The molecule has 0 aliphatic carbocycles. The molecule has 0 aliphatic heterocycles. The van der Waals surface area contributed by atoms with Gasteiger partial charge in [-0.1, -0.05) is 18.2 Å². The number of hydrogen-bond donors (Lipinski definition) is 2. The average Bonchev–Trinajstić information content (AvgIpc) is 2.25. The minimum Gasteiger partial charge on any atom is -0.480 e. The zero-order valence-electron chi connectivity index (χ0n) is 9.28. The van der Waals surface area contributed by atoms with Crippen LogP contribution in [-0.2, 0) is 11.2 Å². The van der Waals surface area contributed by atoms with Crippen molar-refractivity contribution in [1.29, 1.82) is 0 Å². The molecule has 3 N–H and O–H groups in total. The highest BCUT2D eigenvalue weighted by Gasteiger charge is 2.32. The SMILES string of the molecule is NC(CCc1ccccc1OC(F)(F)F)C(=O)O. The first-order valence-electron chi connectivity index (χ1n) is 5.11. The lowest BCUT2D eigenvalue weighted by Gasteiger charge is -2.13. The van der Waals surface area contributed by atoms with Crippen molar-refractivity contribution in [2.75, 3.05) is 0 Å². The van der Waals surface area contributed by atoms with Crippen molar-refractivity contribution in [3.8, 4) is 5.75 Å². The largest absolute Gasteiger partial charge is 0.573 e. The lowest BCUT2D eigenvalue weighted by atomic mass is 10.0. The summed E-state index contributed by atoms with van der Waals surface area (Å²) in [5, 5.41) is 8.58. The quantitative estimate of drug-likeness (QED) is 0.851. The Labute approximate surface area is 101 Å². The monoisotopic (exact) mass is 263 g/mol. The van der Waals surface area contributed by atoms with E-state index in [1.807, 2.05) is 0 Å². The third-order valence-electron chi connectivity index (χ3n) is 2.24. The molecular formula is C11H12F3NO3. The van der Waals surface area contributed by atoms with Gasteiger partial charge in [-0.05, 0) is 24.5 Å². The summed E-state index contributed by atoms with van der Waals surface area (Å²) in [6.07, 6.45) is -4.64. The number of aliphatic carboxylic acids is 1. The maximum absolute atomic E-state index is 12.1. The lowest BCUT2D eigenvalue weighted by molar-refractivity contribution is -0.274. The van der Waals surface area contributed by atoms with Gasteiger partial charge in [0.1, 0.15) is 11.8 Å². The van der Waals surface area contributed by atoms with Crippen molar-refractivity contribution in [2.45, 2.75) is 25.2 Å². The van der Waals surface area contributed by atoms with Crippen LogP contribution in [0.5, 0.6) is 5.75 Å². The van der Waals surface area contributed by atoms with E-state index in [2.05, 4.69) is 4.74 Å². The molecule has 1 rings (SSSR count). The van der Waals surface area contributed by atoms with Gasteiger partial charge in [0.15, 0.2) is 0 Å². The highest BCUT2D eigenvalue weighted by atomic mass is 19.4. The first-order chi connectivity index (χ1) is 8.29. The van der Waals surface area contributed by atoms with E-state index in [1.54, 1.807) is 6.07 Å². The maximum atomic E-state index is 12.1. The third kappa shape index (κ3) is 4.62. The Balaban J connectivity index is 2.73. The van der Waals surface area contributed by atoms with Gasteiger partial charge in [-0.25, -0.2) is 0 Å². The summed E-state index contributed by atoms with van der Waals surface area (Å²) in [5.74, 6) is -1.52. The second kappa shape index (κ2) is 5.72. The number of alkyl halides is 3. The zero-order valence-corrected chi connectivity index (χ0v) is 9.28. The number of carboxylic acids is 1. The standard InChI is InChI=1S/C11H12F3NO3/c12-11(13,14)18-9-4-2-1-3-7(9)5-6-8(15)10(16)17/h1-4,8H,5-6,15H2,(H,16,17). The van der Waals surface area contributed by atoms with E-state index in [9.17, 15) is 18.0 Å². The summed E-state index contributed by atoms with van der Waals surface area (Å²) in [4.78, 5) is 10.5. The molecule has 0 heterocycles. The van der Waals surface area contributed by atoms with Gasteiger partial charge < -0.3 is 15.6 Å². The molecule has 0 aliphatic rings. The van der Waals surface area contributed by atoms with Crippen molar-refractivity contribution >= 4 is 5.97 Å². The Hall–Kier alpha value is -1.76. The Morgan fingerprint density at radius 3 is 2.56 bits per heavy atom. The highest BCUT2D eigenvalue weighted by Crippen LogP contribution is 2.27. The van der Waals surface area contributed by atoms with Crippen molar-refractivity contribution in [2.24, 2.45) is 5.73 Å². The smallest absolute Gasteiger partial charge is 0.480 e. The normalized spacial score (nSPS) is 13.1. The number of benzene rings is 1. The molecule has 0 fully saturated rings. The van der Waals surface area contributed by atoms with E-state index in [1.165, 1.54) is 18.2 Å². The molecule has 4 nitrogen and oxygen atoms in total. The number of nitrogens with two attached hydrogens (primary N) is 1. The number of aryl methyl sites for hydroxylation is 1. The molecule has 1 atom stereocenters. The van der Waals surface area contributed by atoms with Crippen LogP contribution in [0.3, 0.4) is 0 Å². The summed E-state index contributed by atoms with van der Waals surface area (Å²) in [6, 6.07) is 4.46. The summed E-state index contributed by atoms with van der Waals surface area (Å²) >= 11 is 0. The van der Waals surface area contributed by atoms with E-state index in [0.29, 0.717) is 0 Å². The second-order valence-corrected chi connectivity index (χ2v) is 3.64. The fourth-order valence-electron chi connectivity index (χ4n) is 1.37. The number of para-hydroxylation sites is 1. The van der Waals surface area contributed by atoms with E-state index in [4.69, 9.17) is 10.8 Å². The fourth-order valence-corrected chi connectivity index (χ4v) is 1.37. The molecule has 0 bridgehead atoms. The van der Waals surface area contributed by atoms with Crippen LogP contribution in [0.2, 0.25) is 0 Å². The van der Waals surface area contributed by atoms with E-state index >= 15 is 0 Å². The van der Waals surface area contributed by atoms with Gasteiger partial charge in [-0.2, -0.15) is 0 Å². The van der Waals surface area contributed by atoms with Crippen LogP contribution in [0.4, 0.5) is 13.2 Å². The molecule has 0 spiro atoms. The molecule has 7 heteroatoms. The Morgan fingerprint density at radius 2 is 2.00 bits per heavy atom. The van der Waals surface area contributed by atoms with Crippen LogP contribution >= 0.6 is 0 Å². The van der Waals surface area contributed by atoms with Gasteiger partial charge in [0.2, 0.25) is 0 Å². The van der Waals surface area contributed by atoms with Crippen LogP contribution in [0, 0.1) is 0 Å². The van der Waals surface area contributed by atoms with Gasteiger partial charge in [-0.3, -0.25) is 4.79 Å². The minimum atomic E-state index is -4.77. The number of rotatable bonds is 5. The Bertz CT molecular complexity index is 420. The van der Waals surface area contributed by atoms with Gasteiger partial charge in [0, 0.05) is 0 Å². The highest BCUT2D eigenvalue weighted by molar-refractivity contribution is 5.73. The zero-order chi connectivity index (χ0) is 13.8. The van der Waals surface area contributed by atoms with Crippen LogP contribution in [0.25, 0.3) is 0 Å². The lowest BCUT2D eigenvalue weighted by Crippen LogP contribution is -2.30. The molecule has 0 saturated heterocycles. The maximum Gasteiger partial charge on any atom is 0.573 e. The van der Waals surface area contributed by atoms with Crippen LogP contribution < -0.4 is 10.5 Å². The van der Waals surface area contributed by atoms with E-state index < -0.39 is 18.4 Å². The second-order valence-electron chi connectivity index (χ2n) is 3.64. The molecule has 0 aromatic heterocycles. The Morgan fingerprint density at radius 1 is 1.39 bits per heavy atom. The number of ether oxygens (including phenoxy) is 1. The molecular weight excluding hydrogens is 251 g/mol. The molecule has 0 amide bonds. The van der Waals surface area contributed by atoms with Gasteiger partial charge >= 0.3 is 12.3 Å². The van der Waals surface area contributed by atoms with Gasteiger partial charge in [-0.15, -0.1) is 13.2 Å². The van der Waals surface area contributed by atoms with Crippen LogP contribution in [0.15, 0.2) is 24.3 Å². The van der Waals surface area contributed by atoms with Crippen LogP contribution in [-0.4, -0.2) is 23.5 Å². The molecule has 1 aromatic carbocycles. The third-order valence-corrected chi connectivity index (χ3v) is 2.24. The molecule has 1 aromatic rings. The predicted octanol–water partition coefficient (Wildman–Crippen LogP) is 1.93. The predicted molar refractivity (Wildman–Crippen MR) is 57.1 cm³/mol. The van der Waals surface area contributed by atoms with Crippen molar-refractivity contribution in [3.05, 3.63) is 29.8 Å². The number of halogens is 3. The van der Waals surface area contributed by atoms with Gasteiger partial charge in [0.05, 0.1) is 0 Å². The van der Waals surface area contributed by atoms with E-state index in [0.717, 1.165) is 0 Å². The number of hydrogen-bond acceptors (Lipinski definition) is 3. The number of carboxylic acid groups (broad SMARTS) is 1. The molecule has 100 valence electrons. The average molecular weight is 263 g/mol. The molecule has 1 unspecified atom stereocenters. The topological polar surface area (TPSA) is 72.5 Å². The van der Waals surface area contributed by atoms with Crippen molar-refractivity contribution < 1.29 is 27.8 Å². The molecule has 0 radical (unpaired) electrons. The van der Waals surface area contributed by atoms with Crippen molar-refractivity contribution in [1.82, 2.24) is 0 Å². The minimum absolute atomic E-state index is 0.0353. The summed E-state index contributed by atoms with van der Waals surface area (Å²) < 4.78 is 40.2. The van der Waals surface area contributed by atoms with Crippen molar-refractivity contribution in [3.63, 3.8) is 0 Å². The molecule has 18 heavy (non-hydrogen) atoms. The fraction of sp³-hybridized carbons (Fsp3) is 0.364. The first-order valence-corrected chi connectivity index (χ1v) is 5.11. The summed E-state index contributed by atoms with van der Waals surface area (Å²) in [5.41, 5.74) is 5.55. The van der Waals surface area contributed by atoms with Gasteiger partial charge in [0.25, 0.3) is 0 Å². The summed E-state index contributed by atoms with van der Waals surface area (Å²) in [7, 11) is 0. The summed E-state index contributed by atoms with van der Waals surface area (Å²) in [6.45, 7) is 0. The molecule has 0 saturated carbocycles.